The van der Waals surface area contributed by atoms with Crippen LogP contribution in [0.2, 0.25) is 0 Å². The largest absolute Gasteiger partial charge is 0.417 e. The fraction of sp³-hybridized carbons (Fsp3) is 0.143. The highest BCUT2D eigenvalue weighted by molar-refractivity contribution is 9.10. The summed E-state index contributed by atoms with van der Waals surface area (Å²) in [5.74, 6) is -1.50. The fourth-order valence-corrected chi connectivity index (χ4v) is 2.58. The van der Waals surface area contributed by atoms with E-state index in [1.165, 1.54) is 12.1 Å². The zero-order chi connectivity index (χ0) is 15.8. The van der Waals surface area contributed by atoms with E-state index in [4.69, 9.17) is 11.6 Å². The third-order valence-corrected chi connectivity index (χ3v) is 4.00. The molecule has 0 N–H and O–H groups in total. The second-order valence-electron chi connectivity index (χ2n) is 4.27. The molecule has 0 aliphatic rings. The summed E-state index contributed by atoms with van der Waals surface area (Å²) >= 11 is 8.79. The topological polar surface area (TPSA) is 0 Å². The van der Waals surface area contributed by atoms with Crippen molar-refractivity contribution in [3.63, 3.8) is 0 Å². The van der Waals surface area contributed by atoms with E-state index < -0.39 is 28.8 Å². The Morgan fingerprint density at radius 3 is 2.29 bits per heavy atom. The minimum atomic E-state index is -4.58. The zero-order valence-electron chi connectivity index (χ0n) is 10.2. The minimum absolute atomic E-state index is 0.0247. The molecule has 1 unspecified atom stereocenters. The van der Waals surface area contributed by atoms with Crippen LogP contribution in [-0.2, 0) is 6.18 Å². The van der Waals surface area contributed by atoms with E-state index >= 15 is 0 Å². The van der Waals surface area contributed by atoms with Crippen molar-refractivity contribution in [2.45, 2.75) is 11.6 Å². The number of hydrogen-bond donors (Lipinski definition) is 0. The molecule has 0 aliphatic carbocycles. The quantitative estimate of drug-likeness (QED) is 0.434. The second-order valence-corrected chi connectivity index (χ2v) is 5.56. The van der Waals surface area contributed by atoms with Gasteiger partial charge in [-0.05, 0) is 35.9 Å². The Bertz CT molecular complexity index is 669. The van der Waals surface area contributed by atoms with Crippen molar-refractivity contribution in [1.82, 2.24) is 0 Å². The van der Waals surface area contributed by atoms with Crippen molar-refractivity contribution in [3.05, 3.63) is 69.2 Å². The molecule has 0 aromatic heterocycles. The second kappa shape index (κ2) is 5.93. The van der Waals surface area contributed by atoms with Crippen LogP contribution in [0.3, 0.4) is 0 Å². The third-order valence-electron chi connectivity index (χ3n) is 2.82. The number of benzene rings is 2. The summed E-state index contributed by atoms with van der Waals surface area (Å²) in [4.78, 5) is 0. The average molecular weight is 386 g/mol. The summed E-state index contributed by atoms with van der Waals surface area (Å²) in [7, 11) is 0. The molecule has 1 atom stereocenters. The third kappa shape index (κ3) is 3.55. The van der Waals surface area contributed by atoms with Gasteiger partial charge in [0.1, 0.15) is 11.6 Å². The van der Waals surface area contributed by atoms with Crippen LogP contribution in [0.1, 0.15) is 22.1 Å². The number of rotatable bonds is 2. The van der Waals surface area contributed by atoms with Gasteiger partial charge in [0.25, 0.3) is 0 Å². The molecule has 0 fully saturated rings. The Morgan fingerprint density at radius 1 is 1.00 bits per heavy atom. The van der Waals surface area contributed by atoms with Gasteiger partial charge in [0, 0.05) is 10.0 Å². The molecule has 112 valence electrons. The molecule has 2 aromatic rings. The van der Waals surface area contributed by atoms with E-state index in [0.29, 0.717) is 0 Å². The van der Waals surface area contributed by atoms with Crippen molar-refractivity contribution < 1.29 is 22.0 Å². The molecule has 7 heteroatoms. The maximum absolute atomic E-state index is 13.6. The summed E-state index contributed by atoms with van der Waals surface area (Å²) in [5, 5.41) is -1.23. The molecule has 0 amide bonds. The Kier molecular flexibility index (Phi) is 4.58. The van der Waals surface area contributed by atoms with Crippen LogP contribution in [0.15, 0.2) is 40.9 Å². The highest BCUT2D eigenvalue weighted by Gasteiger charge is 2.33. The predicted octanol–water partition coefficient (Wildman–Crippen LogP) is 6.07. The van der Waals surface area contributed by atoms with Gasteiger partial charge in [0.05, 0.1) is 10.9 Å². The SMILES string of the molecule is Fc1ccc(F)c(C(Cl)c2ccc(Br)c(C(F)(F)F)c2)c1. The van der Waals surface area contributed by atoms with Gasteiger partial charge in [-0.25, -0.2) is 8.78 Å². The summed E-state index contributed by atoms with van der Waals surface area (Å²) in [5.41, 5.74) is -1.12. The highest BCUT2D eigenvalue weighted by atomic mass is 79.9. The molecule has 0 heterocycles. The van der Waals surface area contributed by atoms with Gasteiger partial charge in [-0.15, -0.1) is 11.6 Å². The first-order valence-corrected chi connectivity index (χ1v) is 6.88. The van der Waals surface area contributed by atoms with Crippen LogP contribution in [0.5, 0.6) is 0 Å². The molecule has 21 heavy (non-hydrogen) atoms. The van der Waals surface area contributed by atoms with Crippen LogP contribution < -0.4 is 0 Å². The number of hydrogen-bond acceptors (Lipinski definition) is 0. The lowest BCUT2D eigenvalue weighted by Crippen LogP contribution is -2.08. The molecule has 0 spiro atoms. The molecule has 0 radical (unpaired) electrons. The Labute approximate surface area is 130 Å². The van der Waals surface area contributed by atoms with Gasteiger partial charge in [-0.1, -0.05) is 22.0 Å². The fourth-order valence-electron chi connectivity index (χ4n) is 1.81. The zero-order valence-corrected chi connectivity index (χ0v) is 12.5. The monoisotopic (exact) mass is 384 g/mol. The van der Waals surface area contributed by atoms with Crippen molar-refractivity contribution in [1.29, 1.82) is 0 Å². The Morgan fingerprint density at radius 2 is 1.67 bits per heavy atom. The van der Waals surface area contributed by atoms with Gasteiger partial charge >= 0.3 is 6.18 Å². The highest BCUT2D eigenvalue weighted by Crippen LogP contribution is 2.39. The lowest BCUT2D eigenvalue weighted by atomic mass is 10.0. The predicted molar refractivity (Wildman–Crippen MR) is 73.2 cm³/mol. The maximum Gasteiger partial charge on any atom is 0.417 e. The molecule has 0 nitrogen and oxygen atoms in total. The van der Waals surface area contributed by atoms with Gasteiger partial charge in [-0.2, -0.15) is 13.2 Å². The first-order valence-electron chi connectivity index (χ1n) is 5.66. The lowest BCUT2D eigenvalue weighted by Gasteiger charge is -2.15. The van der Waals surface area contributed by atoms with E-state index in [2.05, 4.69) is 15.9 Å². The maximum atomic E-state index is 13.6. The number of halogens is 7. The Balaban J connectivity index is 2.49. The van der Waals surface area contributed by atoms with Crippen LogP contribution in [0.4, 0.5) is 22.0 Å². The molecule has 2 rings (SSSR count). The molecule has 0 saturated carbocycles. The summed E-state index contributed by atoms with van der Waals surface area (Å²) in [6.07, 6.45) is -4.58. The molecular formula is C14H7BrClF5. The first kappa shape index (κ1) is 16.2. The normalized spacial score (nSPS) is 13.3. The summed E-state index contributed by atoms with van der Waals surface area (Å²) in [6, 6.07) is 5.95. The smallest absolute Gasteiger partial charge is 0.207 e. The first-order chi connectivity index (χ1) is 9.70. The molecule has 2 aromatic carbocycles. The van der Waals surface area contributed by atoms with E-state index in [-0.39, 0.29) is 15.6 Å². The summed E-state index contributed by atoms with van der Waals surface area (Å²) in [6.45, 7) is 0. The van der Waals surface area contributed by atoms with Crippen LogP contribution in [0, 0.1) is 11.6 Å². The van der Waals surface area contributed by atoms with Gasteiger partial charge in [0.15, 0.2) is 0 Å². The van der Waals surface area contributed by atoms with Crippen LogP contribution >= 0.6 is 27.5 Å². The van der Waals surface area contributed by atoms with E-state index in [1.807, 2.05) is 0 Å². The van der Waals surface area contributed by atoms with Crippen molar-refractivity contribution >= 4 is 27.5 Å². The standard InChI is InChI=1S/C14H7BrClF5/c15-11-3-1-7(5-10(11)14(19,20)21)13(16)9-6-8(17)2-4-12(9)18/h1-6,13H. The minimum Gasteiger partial charge on any atom is -0.207 e. The van der Waals surface area contributed by atoms with Crippen LogP contribution in [-0.4, -0.2) is 0 Å². The van der Waals surface area contributed by atoms with Crippen molar-refractivity contribution in [2.75, 3.05) is 0 Å². The van der Waals surface area contributed by atoms with Crippen LogP contribution in [0.25, 0.3) is 0 Å². The van der Waals surface area contributed by atoms with E-state index in [0.717, 1.165) is 24.3 Å². The summed E-state index contributed by atoms with van der Waals surface area (Å²) < 4.78 is 65.1. The van der Waals surface area contributed by atoms with Gasteiger partial charge in [0.2, 0.25) is 0 Å². The lowest BCUT2D eigenvalue weighted by molar-refractivity contribution is -0.138. The molecular weight excluding hydrogens is 379 g/mol. The van der Waals surface area contributed by atoms with Crippen molar-refractivity contribution in [3.8, 4) is 0 Å². The van der Waals surface area contributed by atoms with Gasteiger partial charge in [-0.3, -0.25) is 0 Å². The van der Waals surface area contributed by atoms with Crippen molar-refractivity contribution in [2.24, 2.45) is 0 Å². The van der Waals surface area contributed by atoms with E-state index in [1.54, 1.807) is 0 Å². The molecule has 0 saturated heterocycles. The Hall–Kier alpha value is -1.14. The number of alkyl halides is 4. The van der Waals surface area contributed by atoms with Gasteiger partial charge < -0.3 is 0 Å². The molecule has 0 aliphatic heterocycles. The molecule has 0 bridgehead atoms. The van der Waals surface area contributed by atoms with E-state index in [9.17, 15) is 22.0 Å². The average Bonchev–Trinajstić information content (AvgIpc) is 2.40.